The summed E-state index contributed by atoms with van der Waals surface area (Å²) in [5.41, 5.74) is 0. The van der Waals surface area contributed by atoms with Crippen LogP contribution in [0.3, 0.4) is 0 Å². The monoisotopic (exact) mass is 148 g/mol. The fourth-order valence-electron chi connectivity index (χ4n) is 0.265. The molecule has 0 bridgehead atoms. The molecule has 0 rings (SSSR count). The lowest BCUT2D eigenvalue weighted by Crippen LogP contribution is -2.08. The molecule has 9 heavy (non-hydrogen) atoms. The predicted molar refractivity (Wildman–Crippen MR) is 38.5 cm³/mol. The van der Waals surface area contributed by atoms with Gasteiger partial charge in [0.1, 0.15) is 12.5 Å². The summed E-state index contributed by atoms with van der Waals surface area (Å²) in [4.78, 5) is 0. The Bertz CT molecular complexity index is 114. The molecule has 2 N–H and O–H groups in total. The standard InChI is InChI=1S/C5H9ClN2O/c1-2-3-9-5(4-6)8-7/h2H,1,3-4,7H2. The van der Waals surface area contributed by atoms with E-state index >= 15 is 0 Å². The second-order valence-electron chi connectivity index (χ2n) is 1.26. The van der Waals surface area contributed by atoms with Gasteiger partial charge in [-0.2, -0.15) is 0 Å². The minimum absolute atomic E-state index is 0.199. The highest BCUT2D eigenvalue weighted by Gasteiger charge is 1.92. The van der Waals surface area contributed by atoms with Gasteiger partial charge in [-0.05, 0) is 0 Å². The van der Waals surface area contributed by atoms with Crippen molar-refractivity contribution in [2.75, 3.05) is 12.5 Å². The summed E-state index contributed by atoms with van der Waals surface area (Å²) in [5.74, 6) is 5.40. The summed E-state index contributed by atoms with van der Waals surface area (Å²) in [7, 11) is 0. The van der Waals surface area contributed by atoms with Gasteiger partial charge in [-0.3, -0.25) is 0 Å². The van der Waals surface area contributed by atoms with Crippen LogP contribution in [0.25, 0.3) is 0 Å². The smallest absolute Gasteiger partial charge is 0.220 e. The Balaban J connectivity index is 3.44. The minimum Gasteiger partial charge on any atom is -0.475 e. The largest absolute Gasteiger partial charge is 0.475 e. The van der Waals surface area contributed by atoms with Gasteiger partial charge in [-0.15, -0.1) is 16.7 Å². The van der Waals surface area contributed by atoms with E-state index in [0.29, 0.717) is 12.5 Å². The third-order valence-corrected chi connectivity index (χ3v) is 0.855. The van der Waals surface area contributed by atoms with E-state index in [1.807, 2.05) is 0 Å². The zero-order valence-electron chi connectivity index (χ0n) is 5.01. The highest BCUT2D eigenvalue weighted by atomic mass is 35.5. The zero-order valence-corrected chi connectivity index (χ0v) is 5.77. The number of nitrogens with two attached hydrogens (primary N) is 1. The van der Waals surface area contributed by atoms with Crippen LogP contribution in [0.4, 0.5) is 0 Å². The van der Waals surface area contributed by atoms with E-state index in [-0.39, 0.29) is 5.88 Å². The summed E-state index contributed by atoms with van der Waals surface area (Å²) in [6, 6.07) is 0. The van der Waals surface area contributed by atoms with Crippen LogP contribution in [0.1, 0.15) is 0 Å². The second kappa shape index (κ2) is 5.44. The maximum absolute atomic E-state index is 5.33. The summed E-state index contributed by atoms with van der Waals surface area (Å²) in [6.45, 7) is 3.83. The molecule has 4 heteroatoms. The van der Waals surface area contributed by atoms with E-state index in [1.54, 1.807) is 6.08 Å². The van der Waals surface area contributed by atoms with Crippen molar-refractivity contribution >= 4 is 17.5 Å². The van der Waals surface area contributed by atoms with E-state index in [1.165, 1.54) is 0 Å². The van der Waals surface area contributed by atoms with Gasteiger partial charge in [0.25, 0.3) is 0 Å². The summed E-state index contributed by atoms with van der Waals surface area (Å²) in [6.07, 6.45) is 1.59. The van der Waals surface area contributed by atoms with Crippen LogP contribution in [0.2, 0.25) is 0 Å². The lowest BCUT2D eigenvalue weighted by Gasteiger charge is -1.99. The third kappa shape index (κ3) is 3.85. The topological polar surface area (TPSA) is 47.6 Å². The van der Waals surface area contributed by atoms with Crippen molar-refractivity contribution in [2.45, 2.75) is 0 Å². The first-order chi connectivity index (χ1) is 4.35. The molecule has 0 atom stereocenters. The lowest BCUT2D eigenvalue weighted by atomic mass is 10.7. The van der Waals surface area contributed by atoms with Gasteiger partial charge in [0.15, 0.2) is 0 Å². The molecular weight excluding hydrogens is 140 g/mol. The fraction of sp³-hybridized carbons (Fsp3) is 0.400. The van der Waals surface area contributed by atoms with E-state index < -0.39 is 0 Å². The van der Waals surface area contributed by atoms with Crippen molar-refractivity contribution in [1.29, 1.82) is 0 Å². The maximum Gasteiger partial charge on any atom is 0.220 e. The molecule has 0 spiro atoms. The highest BCUT2D eigenvalue weighted by molar-refractivity contribution is 6.27. The number of hydrazone groups is 1. The van der Waals surface area contributed by atoms with Crippen molar-refractivity contribution in [2.24, 2.45) is 10.9 Å². The number of hydrogen-bond donors (Lipinski definition) is 1. The molecule has 0 aliphatic carbocycles. The number of halogens is 1. The van der Waals surface area contributed by atoms with Crippen LogP contribution in [0.5, 0.6) is 0 Å². The lowest BCUT2D eigenvalue weighted by molar-refractivity contribution is 0.347. The molecule has 0 saturated heterocycles. The van der Waals surface area contributed by atoms with E-state index in [2.05, 4.69) is 11.7 Å². The predicted octanol–water partition coefficient (Wildman–Crippen LogP) is 0.700. The molecule has 52 valence electrons. The van der Waals surface area contributed by atoms with Crippen LogP contribution in [0.15, 0.2) is 17.8 Å². The summed E-state index contributed by atoms with van der Waals surface area (Å²) < 4.78 is 4.86. The van der Waals surface area contributed by atoms with Crippen molar-refractivity contribution in [1.82, 2.24) is 0 Å². The third-order valence-electron chi connectivity index (χ3n) is 0.626. The van der Waals surface area contributed by atoms with Crippen molar-refractivity contribution in [3.8, 4) is 0 Å². The van der Waals surface area contributed by atoms with Crippen LogP contribution in [-0.2, 0) is 4.74 Å². The van der Waals surface area contributed by atoms with Gasteiger partial charge in [0.05, 0.1) is 0 Å². The molecule has 0 radical (unpaired) electrons. The number of hydrogen-bond acceptors (Lipinski definition) is 3. The van der Waals surface area contributed by atoms with Crippen LogP contribution < -0.4 is 5.84 Å². The normalized spacial score (nSPS) is 11.0. The minimum atomic E-state index is 0.199. The number of ether oxygens (including phenoxy) is 1. The average molecular weight is 149 g/mol. The molecule has 0 aromatic rings. The van der Waals surface area contributed by atoms with Gasteiger partial charge in [0, 0.05) is 0 Å². The zero-order chi connectivity index (χ0) is 7.11. The molecule has 0 unspecified atom stereocenters. The molecule has 0 aliphatic rings. The first-order valence-electron chi connectivity index (χ1n) is 2.41. The fourth-order valence-corrected chi connectivity index (χ4v) is 0.412. The number of nitrogens with zero attached hydrogens (tertiary/aromatic N) is 1. The Labute approximate surface area is 59.1 Å². The average Bonchev–Trinajstić information content (AvgIpc) is 1.91. The Hall–Kier alpha value is -0.700. The number of alkyl halides is 1. The van der Waals surface area contributed by atoms with E-state index in [0.717, 1.165) is 0 Å². The van der Waals surface area contributed by atoms with E-state index in [4.69, 9.17) is 22.2 Å². The van der Waals surface area contributed by atoms with Crippen molar-refractivity contribution in [3.63, 3.8) is 0 Å². The highest BCUT2D eigenvalue weighted by Crippen LogP contribution is 1.84. The first-order valence-corrected chi connectivity index (χ1v) is 2.95. The van der Waals surface area contributed by atoms with Gasteiger partial charge < -0.3 is 10.6 Å². The Morgan fingerprint density at radius 3 is 2.89 bits per heavy atom. The molecule has 0 aromatic heterocycles. The van der Waals surface area contributed by atoms with Gasteiger partial charge in [-0.25, -0.2) is 0 Å². The van der Waals surface area contributed by atoms with Gasteiger partial charge in [0.2, 0.25) is 5.90 Å². The molecular formula is C5H9ClN2O. The van der Waals surface area contributed by atoms with Gasteiger partial charge in [-0.1, -0.05) is 12.7 Å². The molecule has 0 heterocycles. The second-order valence-corrected chi connectivity index (χ2v) is 1.52. The first kappa shape index (κ1) is 8.30. The summed E-state index contributed by atoms with van der Waals surface area (Å²) in [5, 5.41) is 3.26. The molecule has 0 fully saturated rings. The van der Waals surface area contributed by atoms with Crippen LogP contribution in [0, 0.1) is 0 Å². The van der Waals surface area contributed by atoms with E-state index in [9.17, 15) is 0 Å². The molecule has 0 aromatic carbocycles. The van der Waals surface area contributed by atoms with Crippen LogP contribution in [-0.4, -0.2) is 18.4 Å². The Morgan fingerprint density at radius 1 is 1.89 bits per heavy atom. The van der Waals surface area contributed by atoms with Gasteiger partial charge >= 0.3 is 0 Å². The number of rotatable bonds is 3. The Kier molecular flexibility index (Phi) is 5.01. The van der Waals surface area contributed by atoms with Crippen molar-refractivity contribution < 1.29 is 4.74 Å². The molecule has 0 saturated carbocycles. The molecule has 0 amide bonds. The maximum atomic E-state index is 5.33. The molecule has 0 aliphatic heterocycles. The summed E-state index contributed by atoms with van der Waals surface area (Å²) >= 11 is 5.33. The SMILES string of the molecule is C=CCOC(CCl)=NN. The van der Waals surface area contributed by atoms with Crippen LogP contribution >= 0.6 is 11.6 Å². The quantitative estimate of drug-likeness (QED) is 0.160. The van der Waals surface area contributed by atoms with Crippen molar-refractivity contribution in [3.05, 3.63) is 12.7 Å². The Morgan fingerprint density at radius 2 is 2.56 bits per heavy atom. The molecule has 3 nitrogen and oxygen atoms in total.